The first-order chi connectivity index (χ1) is 17.3. The molecule has 0 spiro atoms. The molecular weight excluding hydrogens is 454 g/mol. The molecule has 6 nitrogen and oxygen atoms in total. The lowest BCUT2D eigenvalue weighted by molar-refractivity contribution is -0.132. The summed E-state index contributed by atoms with van der Waals surface area (Å²) in [5.74, 6) is -0.360. The molecule has 3 aromatic rings. The van der Waals surface area contributed by atoms with E-state index in [-0.39, 0.29) is 17.4 Å². The van der Waals surface area contributed by atoms with Crippen LogP contribution in [-0.2, 0) is 16.0 Å². The summed E-state index contributed by atoms with van der Waals surface area (Å²) >= 11 is 0. The van der Waals surface area contributed by atoms with Gasteiger partial charge in [0.1, 0.15) is 17.3 Å². The lowest BCUT2D eigenvalue weighted by Crippen LogP contribution is -2.29. The van der Waals surface area contributed by atoms with Crippen LogP contribution >= 0.6 is 0 Å². The molecule has 0 aliphatic carbocycles. The SMILES string of the molecule is CCOc1ccc(N2C(=O)C(=O)/C(=C(\O)c3ccc(CC)cc3)C2c2cccc(OC(C)C)c2)cc1. The number of aryl methyl sites for hydroxylation is 1. The first kappa shape index (κ1) is 25.0. The summed E-state index contributed by atoms with van der Waals surface area (Å²) in [5, 5.41) is 11.3. The Labute approximate surface area is 211 Å². The van der Waals surface area contributed by atoms with Gasteiger partial charge in [-0.2, -0.15) is 0 Å². The molecule has 3 aromatic carbocycles. The average Bonchev–Trinajstić information content (AvgIpc) is 3.14. The second-order valence-electron chi connectivity index (χ2n) is 8.89. The van der Waals surface area contributed by atoms with Gasteiger partial charge in [-0.15, -0.1) is 0 Å². The van der Waals surface area contributed by atoms with Crippen molar-refractivity contribution in [2.24, 2.45) is 0 Å². The van der Waals surface area contributed by atoms with Crippen molar-refractivity contribution in [2.45, 2.75) is 46.3 Å². The van der Waals surface area contributed by atoms with Gasteiger partial charge in [0.2, 0.25) is 0 Å². The zero-order valence-corrected chi connectivity index (χ0v) is 21.0. The van der Waals surface area contributed by atoms with Crippen LogP contribution in [0, 0.1) is 0 Å². The van der Waals surface area contributed by atoms with Crippen molar-refractivity contribution in [3.8, 4) is 11.5 Å². The van der Waals surface area contributed by atoms with Gasteiger partial charge in [0, 0.05) is 11.3 Å². The van der Waals surface area contributed by atoms with Crippen LogP contribution in [0.1, 0.15) is 50.4 Å². The summed E-state index contributed by atoms with van der Waals surface area (Å²) in [5.41, 5.74) is 2.82. The molecule has 1 aliphatic heterocycles. The first-order valence-electron chi connectivity index (χ1n) is 12.2. The summed E-state index contributed by atoms with van der Waals surface area (Å²) in [6, 6.07) is 20.8. The normalized spacial score (nSPS) is 17.0. The van der Waals surface area contributed by atoms with Gasteiger partial charge in [-0.25, -0.2) is 0 Å². The summed E-state index contributed by atoms with van der Waals surface area (Å²) < 4.78 is 11.4. The third-order valence-electron chi connectivity index (χ3n) is 6.05. The number of rotatable bonds is 8. The largest absolute Gasteiger partial charge is 0.507 e. The molecule has 1 unspecified atom stereocenters. The van der Waals surface area contributed by atoms with Crippen molar-refractivity contribution in [2.75, 3.05) is 11.5 Å². The maximum atomic E-state index is 13.4. The molecule has 1 aliphatic rings. The van der Waals surface area contributed by atoms with Crippen molar-refractivity contribution in [1.82, 2.24) is 0 Å². The highest BCUT2D eigenvalue weighted by atomic mass is 16.5. The summed E-state index contributed by atoms with van der Waals surface area (Å²) in [7, 11) is 0. The second-order valence-corrected chi connectivity index (χ2v) is 8.89. The molecule has 1 saturated heterocycles. The molecule has 186 valence electrons. The first-order valence-corrected chi connectivity index (χ1v) is 12.2. The Hall–Kier alpha value is -4.06. The number of hydrogen-bond donors (Lipinski definition) is 1. The van der Waals surface area contributed by atoms with E-state index < -0.39 is 17.7 Å². The van der Waals surface area contributed by atoms with Gasteiger partial charge in [0.15, 0.2) is 0 Å². The predicted octanol–water partition coefficient (Wildman–Crippen LogP) is 6.06. The lowest BCUT2D eigenvalue weighted by atomic mass is 9.94. The molecule has 1 atom stereocenters. The van der Waals surface area contributed by atoms with Crippen molar-refractivity contribution < 1.29 is 24.2 Å². The number of amides is 1. The number of hydrogen-bond acceptors (Lipinski definition) is 5. The van der Waals surface area contributed by atoms with Gasteiger partial charge in [-0.05, 0) is 74.7 Å². The molecule has 36 heavy (non-hydrogen) atoms. The summed E-state index contributed by atoms with van der Waals surface area (Å²) in [6.45, 7) is 8.32. The van der Waals surface area contributed by atoms with Crippen LogP contribution in [0.25, 0.3) is 5.76 Å². The van der Waals surface area contributed by atoms with E-state index in [4.69, 9.17) is 9.47 Å². The fraction of sp³-hybridized carbons (Fsp3) is 0.267. The fourth-order valence-electron chi connectivity index (χ4n) is 4.37. The van der Waals surface area contributed by atoms with E-state index in [0.717, 1.165) is 12.0 Å². The van der Waals surface area contributed by atoms with Gasteiger partial charge < -0.3 is 14.6 Å². The number of benzene rings is 3. The molecule has 4 rings (SSSR count). The van der Waals surface area contributed by atoms with E-state index in [1.54, 1.807) is 36.4 Å². The van der Waals surface area contributed by atoms with E-state index >= 15 is 0 Å². The number of nitrogens with zero attached hydrogens (tertiary/aromatic N) is 1. The van der Waals surface area contributed by atoms with Crippen LogP contribution in [0.3, 0.4) is 0 Å². The monoisotopic (exact) mass is 485 g/mol. The van der Waals surface area contributed by atoms with Crippen molar-refractivity contribution in [1.29, 1.82) is 0 Å². The molecule has 0 aromatic heterocycles. The highest BCUT2D eigenvalue weighted by molar-refractivity contribution is 6.51. The number of anilines is 1. The van der Waals surface area contributed by atoms with Crippen LogP contribution < -0.4 is 14.4 Å². The van der Waals surface area contributed by atoms with Crippen LogP contribution in [0.4, 0.5) is 5.69 Å². The molecule has 0 radical (unpaired) electrons. The standard InChI is InChI=1S/C30H31NO5/c1-5-20-10-12-21(13-11-20)28(32)26-27(22-8-7-9-25(18-22)36-19(3)4)31(30(34)29(26)33)23-14-16-24(17-15-23)35-6-2/h7-19,27,32H,5-6H2,1-4H3/b28-26-. The molecular formula is C30H31NO5. The predicted molar refractivity (Wildman–Crippen MR) is 140 cm³/mol. The van der Waals surface area contributed by atoms with Crippen LogP contribution in [0.15, 0.2) is 78.4 Å². The van der Waals surface area contributed by atoms with E-state index in [9.17, 15) is 14.7 Å². The molecule has 0 bridgehead atoms. The van der Waals surface area contributed by atoms with Crippen LogP contribution in [-0.4, -0.2) is 29.5 Å². The number of Topliss-reactive ketones (excluding diaryl/α,β-unsaturated/α-hetero) is 1. The highest BCUT2D eigenvalue weighted by Crippen LogP contribution is 2.43. The lowest BCUT2D eigenvalue weighted by Gasteiger charge is -2.26. The minimum Gasteiger partial charge on any atom is -0.507 e. The van der Waals surface area contributed by atoms with Gasteiger partial charge in [0.05, 0.1) is 24.3 Å². The molecule has 0 saturated carbocycles. The number of aliphatic hydroxyl groups is 1. The Morgan fingerprint density at radius 1 is 0.944 bits per heavy atom. The third-order valence-corrected chi connectivity index (χ3v) is 6.05. The summed E-state index contributed by atoms with van der Waals surface area (Å²) in [4.78, 5) is 28.2. The Bertz CT molecular complexity index is 1280. The van der Waals surface area contributed by atoms with E-state index in [2.05, 4.69) is 0 Å². The van der Waals surface area contributed by atoms with Crippen molar-refractivity contribution in [3.05, 3.63) is 95.1 Å². The molecule has 1 N–H and O–H groups in total. The Balaban J connectivity index is 1.88. The second kappa shape index (κ2) is 10.7. The van der Waals surface area contributed by atoms with E-state index in [1.807, 2.05) is 64.1 Å². The van der Waals surface area contributed by atoms with Gasteiger partial charge >= 0.3 is 0 Å². The average molecular weight is 486 g/mol. The topological polar surface area (TPSA) is 76.1 Å². The summed E-state index contributed by atoms with van der Waals surface area (Å²) in [6.07, 6.45) is 0.807. The third kappa shape index (κ3) is 4.98. The Morgan fingerprint density at radius 3 is 2.25 bits per heavy atom. The minimum atomic E-state index is -0.829. The fourth-order valence-corrected chi connectivity index (χ4v) is 4.37. The minimum absolute atomic E-state index is 0.0415. The zero-order chi connectivity index (χ0) is 25.8. The molecule has 6 heteroatoms. The number of ether oxygens (including phenoxy) is 2. The highest BCUT2D eigenvalue weighted by Gasteiger charge is 2.47. The molecule has 1 heterocycles. The quantitative estimate of drug-likeness (QED) is 0.238. The van der Waals surface area contributed by atoms with Crippen LogP contribution in [0.5, 0.6) is 11.5 Å². The number of carbonyl (C=O) groups excluding carboxylic acids is 2. The maximum Gasteiger partial charge on any atom is 0.300 e. The number of ketones is 1. The Morgan fingerprint density at radius 2 is 1.64 bits per heavy atom. The number of carbonyl (C=O) groups is 2. The van der Waals surface area contributed by atoms with Crippen molar-refractivity contribution >= 4 is 23.1 Å². The van der Waals surface area contributed by atoms with Crippen LogP contribution in [0.2, 0.25) is 0 Å². The van der Waals surface area contributed by atoms with Gasteiger partial charge in [-0.1, -0.05) is 43.3 Å². The van der Waals surface area contributed by atoms with E-state index in [1.165, 1.54) is 4.90 Å². The van der Waals surface area contributed by atoms with E-state index in [0.29, 0.717) is 34.9 Å². The number of aliphatic hydroxyl groups excluding tert-OH is 1. The van der Waals surface area contributed by atoms with Gasteiger partial charge in [-0.3, -0.25) is 14.5 Å². The zero-order valence-electron chi connectivity index (χ0n) is 21.0. The molecule has 1 fully saturated rings. The van der Waals surface area contributed by atoms with Crippen molar-refractivity contribution in [3.63, 3.8) is 0 Å². The van der Waals surface area contributed by atoms with Gasteiger partial charge in [0.25, 0.3) is 11.7 Å². The molecule has 1 amide bonds. The smallest absolute Gasteiger partial charge is 0.300 e. The Kier molecular flexibility index (Phi) is 7.44. The maximum absolute atomic E-state index is 13.4.